The molecule has 1 aromatic carbocycles. The van der Waals surface area contributed by atoms with Crippen LogP contribution in [0.1, 0.15) is 16.1 Å². The number of aromatic nitrogens is 1. The average Bonchev–Trinajstić information content (AvgIpc) is 2.47. The molecule has 0 fully saturated rings. The highest BCUT2D eigenvalue weighted by atomic mass is 16.5. The van der Waals surface area contributed by atoms with Crippen LogP contribution in [0.3, 0.4) is 0 Å². The predicted octanol–water partition coefficient (Wildman–Crippen LogP) is 2.31. The molecular weight excluding hydrogens is 240 g/mol. The molecule has 0 saturated heterocycles. The molecule has 0 spiro atoms. The van der Waals surface area contributed by atoms with E-state index in [-0.39, 0.29) is 5.78 Å². The monoisotopic (exact) mass is 254 g/mol. The van der Waals surface area contributed by atoms with Gasteiger partial charge in [0, 0.05) is 18.4 Å². The first kappa shape index (κ1) is 11.7. The Morgan fingerprint density at radius 2 is 2.21 bits per heavy atom. The molecule has 0 radical (unpaired) electrons. The number of pyridine rings is 1. The summed E-state index contributed by atoms with van der Waals surface area (Å²) in [6.45, 7) is 1.35. The average molecular weight is 254 g/mol. The molecule has 1 aromatic heterocycles. The van der Waals surface area contributed by atoms with Gasteiger partial charge >= 0.3 is 0 Å². The summed E-state index contributed by atoms with van der Waals surface area (Å²) in [5, 5.41) is 3.23. The second-order valence-corrected chi connectivity index (χ2v) is 4.38. The van der Waals surface area contributed by atoms with Crippen molar-refractivity contribution in [2.45, 2.75) is 6.42 Å². The van der Waals surface area contributed by atoms with Gasteiger partial charge in [-0.05, 0) is 24.3 Å². The minimum Gasteiger partial charge on any atom is -0.489 e. The van der Waals surface area contributed by atoms with Crippen LogP contribution in [0.15, 0.2) is 42.6 Å². The zero-order valence-corrected chi connectivity index (χ0v) is 10.4. The Hall–Kier alpha value is -2.36. The van der Waals surface area contributed by atoms with Gasteiger partial charge in [-0.1, -0.05) is 12.1 Å². The number of anilines is 1. The molecule has 0 saturated carbocycles. The van der Waals surface area contributed by atoms with Gasteiger partial charge < -0.3 is 10.1 Å². The molecule has 2 heterocycles. The van der Waals surface area contributed by atoms with E-state index in [1.807, 2.05) is 30.3 Å². The van der Waals surface area contributed by atoms with Crippen molar-refractivity contribution in [2.75, 3.05) is 18.5 Å². The van der Waals surface area contributed by atoms with E-state index in [1.54, 1.807) is 12.3 Å². The summed E-state index contributed by atoms with van der Waals surface area (Å²) in [6, 6.07) is 11.2. The lowest BCUT2D eigenvalue weighted by molar-refractivity contribution is 0.0988. The number of hydrogen-bond donors (Lipinski definition) is 1. The number of para-hydroxylation sites is 1. The summed E-state index contributed by atoms with van der Waals surface area (Å²) in [5.74, 6) is 0.689. The summed E-state index contributed by atoms with van der Waals surface area (Å²) < 4.78 is 5.61. The molecule has 0 atom stereocenters. The Labute approximate surface area is 111 Å². The van der Waals surface area contributed by atoms with E-state index in [1.165, 1.54) is 0 Å². The Bertz CT molecular complexity index is 596. The first-order valence-electron chi connectivity index (χ1n) is 6.27. The van der Waals surface area contributed by atoms with E-state index in [2.05, 4.69) is 10.3 Å². The number of fused-ring (bicyclic) bond motifs is 1. The molecule has 1 N–H and O–H groups in total. The number of nitrogens with zero attached hydrogens (tertiary/aromatic N) is 1. The van der Waals surface area contributed by atoms with Gasteiger partial charge in [-0.2, -0.15) is 0 Å². The Morgan fingerprint density at radius 1 is 1.26 bits per heavy atom. The van der Waals surface area contributed by atoms with Crippen LogP contribution in [0.4, 0.5) is 5.69 Å². The third-order valence-corrected chi connectivity index (χ3v) is 3.05. The van der Waals surface area contributed by atoms with Crippen molar-refractivity contribution in [3.8, 4) is 5.75 Å². The fourth-order valence-corrected chi connectivity index (χ4v) is 2.15. The zero-order chi connectivity index (χ0) is 13.1. The lowest BCUT2D eigenvalue weighted by Crippen LogP contribution is -2.20. The number of hydrogen-bond acceptors (Lipinski definition) is 4. The number of ether oxygens (including phenoxy) is 1. The maximum Gasteiger partial charge on any atom is 0.172 e. The van der Waals surface area contributed by atoms with Crippen LogP contribution >= 0.6 is 0 Å². The van der Waals surface area contributed by atoms with Gasteiger partial charge in [0.25, 0.3) is 0 Å². The highest BCUT2D eigenvalue weighted by Gasteiger charge is 2.19. The first-order valence-corrected chi connectivity index (χ1v) is 6.27. The number of benzene rings is 1. The molecule has 2 aromatic rings. The molecule has 4 heteroatoms. The molecule has 96 valence electrons. The van der Waals surface area contributed by atoms with Crippen molar-refractivity contribution >= 4 is 11.5 Å². The number of carbonyl (C=O) groups is 1. The maximum absolute atomic E-state index is 12.3. The number of rotatable bonds is 3. The number of nitrogens with one attached hydrogen (secondary N) is 1. The lowest BCUT2D eigenvalue weighted by Gasteiger charge is -2.21. The van der Waals surface area contributed by atoms with Gasteiger partial charge in [0.15, 0.2) is 11.5 Å². The van der Waals surface area contributed by atoms with E-state index in [4.69, 9.17) is 4.74 Å². The SMILES string of the molecule is O=C(Cc1ccccn1)c1cccc2c1OCCN2. The molecular formula is C15H14N2O2. The smallest absolute Gasteiger partial charge is 0.172 e. The second kappa shape index (κ2) is 5.10. The quantitative estimate of drug-likeness (QED) is 0.854. The summed E-state index contributed by atoms with van der Waals surface area (Å²) in [6.07, 6.45) is 1.99. The molecule has 4 nitrogen and oxygen atoms in total. The fourth-order valence-electron chi connectivity index (χ4n) is 2.15. The summed E-state index contributed by atoms with van der Waals surface area (Å²) in [4.78, 5) is 16.5. The molecule has 1 aliphatic heterocycles. The topological polar surface area (TPSA) is 51.2 Å². The lowest BCUT2D eigenvalue weighted by atomic mass is 10.0. The second-order valence-electron chi connectivity index (χ2n) is 4.38. The standard InChI is InChI=1S/C15H14N2O2/c18-14(10-11-4-1-2-7-16-11)12-5-3-6-13-15(12)19-9-8-17-13/h1-7,17H,8-10H2. The number of carbonyl (C=O) groups excluding carboxylic acids is 1. The van der Waals surface area contributed by atoms with Gasteiger partial charge in [0.2, 0.25) is 0 Å². The van der Waals surface area contributed by atoms with E-state index in [0.29, 0.717) is 24.3 Å². The van der Waals surface area contributed by atoms with Crippen LogP contribution in [0.25, 0.3) is 0 Å². The van der Waals surface area contributed by atoms with Crippen LogP contribution in [0.2, 0.25) is 0 Å². The Kier molecular flexibility index (Phi) is 3.14. The Morgan fingerprint density at radius 3 is 3.05 bits per heavy atom. The van der Waals surface area contributed by atoms with Gasteiger partial charge in [0.1, 0.15) is 6.61 Å². The van der Waals surface area contributed by atoms with Gasteiger partial charge in [0.05, 0.1) is 17.7 Å². The molecule has 0 aliphatic carbocycles. The first-order chi connectivity index (χ1) is 9.34. The van der Waals surface area contributed by atoms with Crippen molar-refractivity contribution in [1.82, 2.24) is 4.98 Å². The van der Waals surface area contributed by atoms with Crippen molar-refractivity contribution < 1.29 is 9.53 Å². The molecule has 3 rings (SSSR count). The van der Waals surface area contributed by atoms with Crippen LogP contribution in [0.5, 0.6) is 5.75 Å². The van der Waals surface area contributed by atoms with E-state index in [9.17, 15) is 4.79 Å². The summed E-state index contributed by atoms with van der Waals surface area (Å²) in [7, 11) is 0. The number of Topliss-reactive ketones (excluding diaryl/α,β-unsaturated/α-hetero) is 1. The van der Waals surface area contributed by atoms with Crippen molar-refractivity contribution in [2.24, 2.45) is 0 Å². The van der Waals surface area contributed by atoms with Crippen LogP contribution in [-0.4, -0.2) is 23.9 Å². The normalized spacial score (nSPS) is 13.1. The highest BCUT2D eigenvalue weighted by Crippen LogP contribution is 2.31. The van der Waals surface area contributed by atoms with Gasteiger partial charge in [-0.3, -0.25) is 9.78 Å². The third-order valence-electron chi connectivity index (χ3n) is 3.05. The van der Waals surface area contributed by atoms with E-state index >= 15 is 0 Å². The number of ketones is 1. The molecule has 0 unspecified atom stereocenters. The van der Waals surface area contributed by atoms with Crippen molar-refractivity contribution in [3.05, 3.63) is 53.9 Å². The van der Waals surface area contributed by atoms with Crippen molar-refractivity contribution in [3.63, 3.8) is 0 Å². The maximum atomic E-state index is 12.3. The summed E-state index contributed by atoms with van der Waals surface area (Å²) in [5.41, 5.74) is 2.28. The van der Waals surface area contributed by atoms with Crippen molar-refractivity contribution in [1.29, 1.82) is 0 Å². The summed E-state index contributed by atoms with van der Waals surface area (Å²) >= 11 is 0. The highest BCUT2D eigenvalue weighted by molar-refractivity contribution is 6.01. The third kappa shape index (κ3) is 2.42. The van der Waals surface area contributed by atoms with Crippen LogP contribution in [0, 0.1) is 0 Å². The van der Waals surface area contributed by atoms with Crippen LogP contribution in [-0.2, 0) is 6.42 Å². The Balaban J connectivity index is 1.88. The zero-order valence-electron chi connectivity index (χ0n) is 10.4. The van der Waals surface area contributed by atoms with Gasteiger partial charge in [-0.25, -0.2) is 0 Å². The van der Waals surface area contributed by atoms with E-state index < -0.39 is 0 Å². The minimum absolute atomic E-state index is 0.0271. The predicted molar refractivity (Wildman–Crippen MR) is 72.7 cm³/mol. The molecule has 0 amide bonds. The van der Waals surface area contributed by atoms with Gasteiger partial charge in [-0.15, -0.1) is 0 Å². The van der Waals surface area contributed by atoms with Crippen LogP contribution < -0.4 is 10.1 Å². The molecule has 19 heavy (non-hydrogen) atoms. The fraction of sp³-hybridized carbons (Fsp3) is 0.200. The molecule has 1 aliphatic rings. The van der Waals surface area contributed by atoms with E-state index in [0.717, 1.165) is 17.9 Å². The minimum atomic E-state index is 0.0271. The largest absolute Gasteiger partial charge is 0.489 e. The molecule has 0 bridgehead atoms.